The van der Waals surface area contributed by atoms with Gasteiger partial charge in [0.1, 0.15) is 0 Å². The van der Waals surface area contributed by atoms with Gasteiger partial charge in [-0.05, 0) is 13.3 Å². The number of aryl methyl sites for hydroxylation is 1. The molecule has 0 spiro atoms. The first kappa shape index (κ1) is 12.0. The van der Waals surface area contributed by atoms with Crippen molar-refractivity contribution in [2.24, 2.45) is 0 Å². The molecule has 1 aromatic carbocycles. The first-order valence-electron chi connectivity index (χ1n) is 6.05. The van der Waals surface area contributed by atoms with Crippen LogP contribution in [0.15, 0.2) is 24.3 Å². The summed E-state index contributed by atoms with van der Waals surface area (Å²) in [6.07, 6.45) is 0.362. The number of nitrogens with zero attached hydrogens (tertiary/aromatic N) is 2. The average Bonchev–Trinajstić information content (AvgIpc) is 2.38. The molecule has 0 saturated heterocycles. The Balaban J connectivity index is 2.59. The van der Waals surface area contributed by atoms with Gasteiger partial charge in [-0.2, -0.15) is 10.2 Å². The minimum Gasteiger partial charge on any atom is -0.392 e. The van der Waals surface area contributed by atoms with Gasteiger partial charge in [0.05, 0.1) is 17.5 Å². The highest BCUT2D eigenvalue weighted by atomic mass is 16.3. The Morgan fingerprint density at radius 1 is 1.18 bits per heavy atom. The van der Waals surface area contributed by atoms with E-state index in [9.17, 15) is 5.11 Å². The van der Waals surface area contributed by atoms with Crippen molar-refractivity contribution in [3.8, 4) is 0 Å². The monoisotopic (exact) mass is 230 g/mol. The third kappa shape index (κ3) is 2.15. The minimum absolute atomic E-state index is 0.0120. The maximum atomic E-state index is 9.94. The zero-order valence-corrected chi connectivity index (χ0v) is 10.5. The van der Waals surface area contributed by atoms with Crippen LogP contribution < -0.4 is 0 Å². The van der Waals surface area contributed by atoms with Crippen molar-refractivity contribution in [1.82, 2.24) is 10.2 Å². The fourth-order valence-electron chi connectivity index (χ4n) is 2.13. The van der Waals surface area contributed by atoms with E-state index in [0.717, 1.165) is 28.6 Å². The SMILES string of the molecule is CCC(O)C(C)c1nnc(C)c2ccccc12. The van der Waals surface area contributed by atoms with Crippen molar-refractivity contribution >= 4 is 10.8 Å². The number of fused-ring (bicyclic) bond motifs is 1. The van der Waals surface area contributed by atoms with Crippen LogP contribution in [0.5, 0.6) is 0 Å². The molecule has 1 heterocycles. The number of aliphatic hydroxyl groups excluding tert-OH is 1. The van der Waals surface area contributed by atoms with Crippen LogP contribution in [-0.4, -0.2) is 21.4 Å². The molecule has 90 valence electrons. The molecule has 0 saturated carbocycles. The van der Waals surface area contributed by atoms with Gasteiger partial charge in [-0.25, -0.2) is 0 Å². The van der Waals surface area contributed by atoms with Crippen molar-refractivity contribution < 1.29 is 5.11 Å². The standard InChI is InChI=1S/C14H18N2O/c1-4-13(17)9(2)14-12-8-6-5-7-11(12)10(3)15-16-14/h5-9,13,17H,4H2,1-3H3. The van der Waals surface area contributed by atoms with E-state index in [0.29, 0.717) is 0 Å². The van der Waals surface area contributed by atoms with Gasteiger partial charge in [0.15, 0.2) is 0 Å². The third-order valence-electron chi connectivity index (χ3n) is 3.33. The molecular weight excluding hydrogens is 212 g/mol. The van der Waals surface area contributed by atoms with Crippen molar-refractivity contribution in [1.29, 1.82) is 0 Å². The van der Waals surface area contributed by atoms with Crippen LogP contribution in [0.4, 0.5) is 0 Å². The summed E-state index contributed by atoms with van der Waals surface area (Å²) < 4.78 is 0. The number of hydrogen-bond donors (Lipinski definition) is 1. The van der Waals surface area contributed by atoms with Crippen molar-refractivity contribution in [2.75, 3.05) is 0 Å². The van der Waals surface area contributed by atoms with Gasteiger partial charge in [0.2, 0.25) is 0 Å². The molecule has 0 radical (unpaired) electrons. The Bertz CT molecular complexity index is 525. The van der Waals surface area contributed by atoms with Crippen molar-refractivity contribution in [3.63, 3.8) is 0 Å². The Kier molecular flexibility index (Phi) is 3.38. The van der Waals surface area contributed by atoms with E-state index < -0.39 is 0 Å². The summed E-state index contributed by atoms with van der Waals surface area (Å²) in [6.45, 7) is 5.94. The average molecular weight is 230 g/mol. The zero-order chi connectivity index (χ0) is 12.4. The molecule has 0 fully saturated rings. The summed E-state index contributed by atoms with van der Waals surface area (Å²) in [5.74, 6) is 0.0120. The maximum Gasteiger partial charge on any atom is 0.0763 e. The van der Waals surface area contributed by atoms with Crippen LogP contribution in [0.3, 0.4) is 0 Å². The molecule has 1 N–H and O–H groups in total. The highest BCUT2D eigenvalue weighted by molar-refractivity contribution is 5.86. The van der Waals surface area contributed by atoms with Gasteiger partial charge >= 0.3 is 0 Å². The van der Waals surface area contributed by atoms with E-state index >= 15 is 0 Å². The number of hydrogen-bond acceptors (Lipinski definition) is 3. The number of rotatable bonds is 3. The van der Waals surface area contributed by atoms with Gasteiger partial charge in [-0.3, -0.25) is 0 Å². The molecule has 0 aliphatic heterocycles. The van der Waals surface area contributed by atoms with Crippen molar-refractivity contribution in [2.45, 2.75) is 39.2 Å². The van der Waals surface area contributed by atoms with Crippen LogP contribution >= 0.6 is 0 Å². The van der Waals surface area contributed by atoms with Crippen molar-refractivity contribution in [3.05, 3.63) is 35.7 Å². The molecular formula is C14H18N2O. The van der Waals surface area contributed by atoms with Crippen LogP contribution in [0.1, 0.15) is 37.6 Å². The maximum absolute atomic E-state index is 9.94. The smallest absolute Gasteiger partial charge is 0.0763 e. The Morgan fingerprint density at radius 2 is 1.82 bits per heavy atom. The largest absolute Gasteiger partial charge is 0.392 e. The van der Waals surface area contributed by atoms with E-state index in [1.807, 2.05) is 45.0 Å². The van der Waals surface area contributed by atoms with Gasteiger partial charge in [0.25, 0.3) is 0 Å². The van der Waals surface area contributed by atoms with Gasteiger partial charge < -0.3 is 5.11 Å². The van der Waals surface area contributed by atoms with E-state index in [2.05, 4.69) is 10.2 Å². The normalized spacial score (nSPS) is 14.8. The lowest BCUT2D eigenvalue weighted by Gasteiger charge is -2.18. The fourth-order valence-corrected chi connectivity index (χ4v) is 2.13. The molecule has 0 aliphatic carbocycles. The molecule has 2 atom stereocenters. The molecule has 0 aliphatic rings. The summed E-state index contributed by atoms with van der Waals surface area (Å²) in [5.41, 5.74) is 1.82. The molecule has 0 amide bonds. The van der Waals surface area contributed by atoms with E-state index in [1.54, 1.807) is 0 Å². The van der Waals surface area contributed by atoms with Crippen LogP contribution in [0.2, 0.25) is 0 Å². The first-order chi connectivity index (χ1) is 8.15. The molecule has 17 heavy (non-hydrogen) atoms. The van der Waals surface area contributed by atoms with E-state index in [-0.39, 0.29) is 12.0 Å². The molecule has 2 unspecified atom stereocenters. The predicted molar refractivity (Wildman–Crippen MR) is 69.0 cm³/mol. The summed E-state index contributed by atoms with van der Waals surface area (Å²) in [6, 6.07) is 8.10. The molecule has 3 heteroatoms. The fraction of sp³-hybridized carbons (Fsp3) is 0.429. The van der Waals surface area contributed by atoms with Crippen LogP contribution in [0.25, 0.3) is 10.8 Å². The molecule has 1 aromatic heterocycles. The zero-order valence-electron chi connectivity index (χ0n) is 10.5. The lowest BCUT2D eigenvalue weighted by Crippen LogP contribution is -2.16. The molecule has 3 nitrogen and oxygen atoms in total. The Labute approximate surface area is 102 Å². The van der Waals surface area contributed by atoms with E-state index in [4.69, 9.17) is 0 Å². The Morgan fingerprint density at radius 3 is 2.47 bits per heavy atom. The number of benzene rings is 1. The van der Waals surface area contributed by atoms with Crippen LogP contribution in [-0.2, 0) is 0 Å². The lowest BCUT2D eigenvalue weighted by molar-refractivity contribution is 0.144. The second-order valence-electron chi connectivity index (χ2n) is 4.48. The third-order valence-corrected chi connectivity index (χ3v) is 3.33. The van der Waals surface area contributed by atoms with Gasteiger partial charge in [-0.1, -0.05) is 38.1 Å². The second kappa shape index (κ2) is 4.80. The van der Waals surface area contributed by atoms with Crippen LogP contribution in [0, 0.1) is 6.92 Å². The highest BCUT2D eigenvalue weighted by Crippen LogP contribution is 2.27. The summed E-state index contributed by atoms with van der Waals surface area (Å²) in [7, 11) is 0. The number of aliphatic hydroxyl groups is 1. The topological polar surface area (TPSA) is 46.0 Å². The molecule has 2 rings (SSSR count). The predicted octanol–water partition coefficient (Wildman–Crippen LogP) is 2.81. The minimum atomic E-state index is -0.365. The lowest BCUT2D eigenvalue weighted by atomic mass is 9.94. The quantitative estimate of drug-likeness (QED) is 0.882. The molecule has 0 bridgehead atoms. The number of aromatic nitrogens is 2. The summed E-state index contributed by atoms with van der Waals surface area (Å²) in [5, 5.41) is 20.6. The second-order valence-corrected chi connectivity index (χ2v) is 4.48. The summed E-state index contributed by atoms with van der Waals surface area (Å²) >= 11 is 0. The van der Waals surface area contributed by atoms with E-state index in [1.165, 1.54) is 0 Å². The first-order valence-corrected chi connectivity index (χ1v) is 6.05. The molecule has 2 aromatic rings. The highest BCUT2D eigenvalue weighted by Gasteiger charge is 2.19. The van der Waals surface area contributed by atoms with Gasteiger partial charge in [0, 0.05) is 16.7 Å². The Hall–Kier alpha value is -1.48. The van der Waals surface area contributed by atoms with Gasteiger partial charge in [-0.15, -0.1) is 0 Å². The summed E-state index contributed by atoms with van der Waals surface area (Å²) in [4.78, 5) is 0.